The van der Waals surface area contributed by atoms with E-state index in [4.69, 9.17) is 26.8 Å². The van der Waals surface area contributed by atoms with Crippen molar-refractivity contribution < 1.29 is 9.47 Å². The van der Waals surface area contributed by atoms with Crippen molar-refractivity contribution in [3.63, 3.8) is 0 Å². The Morgan fingerprint density at radius 3 is 2.19 bits per heavy atom. The molecule has 0 N–H and O–H groups in total. The molecule has 5 rings (SSSR count). The average molecular weight is 428 g/mol. The van der Waals surface area contributed by atoms with E-state index in [1.54, 1.807) is 0 Å². The summed E-state index contributed by atoms with van der Waals surface area (Å²) in [5.74, 6) is 3.16. The van der Waals surface area contributed by atoms with Crippen LogP contribution < -0.4 is 9.47 Å². The number of allylic oxidation sites excluding steroid dienone is 1. The van der Waals surface area contributed by atoms with Crippen molar-refractivity contribution in [2.75, 3.05) is 0 Å². The fraction of sp³-hybridized carbons (Fsp3) is 0.120. The molecule has 4 aromatic rings. The Balaban J connectivity index is 1.61. The molecule has 6 heteroatoms. The second-order valence-electron chi connectivity index (χ2n) is 7.22. The zero-order valence-electron chi connectivity index (χ0n) is 16.8. The van der Waals surface area contributed by atoms with Gasteiger partial charge in [0.2, 0.25) is 0 Å². The fourth-order valence-electron chi connectivity index (χ4n) is 3.86. The zero-order valence-corrected chi connectivity index (χ0v) is 17.7. The van der Waals surface area contributed by atoms with E-state index in [0.29, 0.717) is 17.9 Å². The lowest BCUT2D eigenvalue weighted by Gasteiger charge is -2.28. The van der Waals surface area contributed by atoms with Crippen molar-refractivity contribution in [1.82, 2.24) is 14.3 Å². The summed E-state index contributed by atoms with van der Waals surface area (Å²) in [7, 11) is 0. The molecule has 5 nitrogen and oxygen atoms in total. The molecule has 31 heavy (non-hydrogen) atoms. The Kier molecular flexibility index (Phi) is 5.14. The number of nitrogens with zero attached hydrogens (tertiary/aromatic N) is 3. The van der Waals surface area contributed by atoms with Crippen LogP contribution in [0.2, 0.25) is 0 Å². The molecule has 0 amide bonds. The molecule has 1 aromatic heterocycles. The van der Waals surface area contributed by atoms with Crippen molar-refractivity contribution in [3.8, 4) is 17.2 Å². The molecule has 0 unspecified atom stereocenters. The van der Waals surface area contributed by atoms with Gasteiger partial charge in [-0.25, -0.2) is 4.68 Å². The third-order valence-corrected chi connectivity index (χ3v) is 5.68. The third kappa shape index (κ3) is 3.55. The SMILES string of the molecule is C=CCn1c(COc2ccccc2)nn(C2c3ccccc3Oc3ccccc32)c1=S. The van der Waals surface area contributed by atoms with Gasteiger partial charge in [-0.15, -0.1) is 6.58 Å². The topological polar surface area (TPSA) is 41.2 Å². The first-order valence-electron chi connectivity index (χ1n) is 10.1. The predicted molar refractivity (Wildman–Crippen MR) is 122 cm³/mol. The largest absolute Gasteiger partial charge is 0.486 e. The Labute approximate surface area is 185 Å². The van der Waals surface area contributed by atoms with Gasteiger partial charge in [0.1, 0.15) is 29.9 Å². The first kappa shape index (κ1) is 19.3. The molecule has 1 aliphatic rings. The molecule has 0 saturated heterocycles. The van der Waals surface area contributed by atoms with Crippen LogP contribution in [0.5, 0.6) is 17.2 Å². The van der Waals surface area contributed by atoms with Crippen molar-refractivity contribution >= 4 is 12.2 Å². The summed E-state index contributed by atoms with van der Waals surface area (Å²) >= 11 is 5.87. The molecule has 0 aliphatic carbocycles. The summed E-state index contributed by atoms with van der Waals surface area (Å²) in [6, 6.07) is 25.5. The van der Waals surface area contributed by atoms with E-state index in [1.165, 1.54) is 0 Å². The second kappa shape index (κ2) is 8.24. The molecule has 0 bridgehead atoms. The Morgan fingerprint density at radius 1 is 0.935 bits per heavy atom. The van der Waals surface area contributed by atoms with E-state index in [9.17, 15) is 0 Å². The van der Waals surface area contributed by atoms with Gasteiger partial charge in [0.15, 0.2) is 10.6 Å². The maximum Gasteiger partial charge on any atom is 0.199 e. The highest BCUT2D eigenvalue weighted by atomic mass is 32.1. The highest BCUT2D eigenvalue weighted by Gasteiger charge is 2.30. The number of aromatic nitrogens is 3. The summed E-state index contributed by atoms with van der Waals surface area (Å²) in [6.45, 7) is 4.75. The second-order valence-corrected chi connectivity index (χ2v) is 7.59. The van der Waals surface area contributed by atoms with Gasteiger partial charge in [-0.2, -0.15) is 5.10 Å². The van der Waals surface area contributed by atoms with Gasteiger partial charge in [0, 0.05) is 17.7 Å². The minimum atomic E-state index is -0.185. The number of fused-ring (bicyclic) bond motifs is 2. The Morgan fingerprint density at radius 2 is 1.55 bits per heavy atom. The van der Waals surface area contributed by atoms with E-state index in [0.717, 1.165) is 34.2 Å². The predicted octanol–water partition coefficient (Wildman–Crippen LogP) is 5.92. The van der Waals surface area contributed by atoms with Crippen LogP contribution in [-0.2, 0) is 13.2 Å². The zero-order chi connectivity index (χ0) is 21.2. The lowest BCUT2D eigenvalue weighted by molar-refractivity contribution is 0.289. The smallest absolute Gasteiger partial charge is 0.199 e. The van der Waals surface area contributed by atoms with Crippen LogP contribution in [0.3, 0.4) is 0 Å². The summed E-state index contributed by atoms with van der Waals surface area (Å²) in [6.07, 6.45) is 1.82. The van der Waals surface area contributed by atoms with Crippen molar-refractivity contribution in [2.24, 2.45) is 0 Å². The molecule has 0 fully saturated rings. The monoisotopic (exact) mass is 427 g/mol. The molecule has 2 heterocycles. The first-order chi connectivity index (χ1) is 15.3. The van der Waals surface area contributed by atoms with Gasteiger partial charge < -0.3 is 9.47 Å². The third-order valence-electron chi connectivity index (χ3n) is 5.28. The van der Waals surface area contributed by atoms with Crippen LogP contribution in [0.25, 0.3) is 0 Å². The Bertz CT molecular complexity index is 1250. The molecular weight excluding hydrogens is 406 g/mol. The van der Waals surface area contributed by atoms with Gasteiger partial charge in [-0.05, 0) is 36.5 Å². The van der Waals surface area contributed by atoms with Crippen LogP contribution >= 0.6 is 12.2 Å². The molecule has 0 saturated carbocycles. The van der Waals surface area contributed by atoms with Gasteiger partial charge in [-0.1, -0.05) is 60.7 Å². The number of hydrogen-bond acceptors (Lipinski definition) is 4. The number of para-hydroxylation sites is 3. The molecule has 3 aromatic carbocycles. The number of hydrogen-bond donors (Lipinski definition) is 0. The van der Waals surface area contributed by atoms with E-state index in [-0.39, 0.29) is 6.04 Å². The molecule has 0 radical (unpaired) electrons. The van der Waals surface area contributed by atoms with Gasteiger partial charge in [-0.3, -0.25) is 4.57 Å². The van der Waals surface area contributed by atoms with Gasteiger partial charge >= 0.3 is 0 Å². The minimum Gasteiger partial charge on any atom is -0.486 e. The Hall–Kier alpha value is -3.64. The van der Waals surface area contributed by atoms with E-state index in [1.807, 2.05) is 82.1 Å². The molecule has 0 spiro atoms. The maximum absolute atomic E-state index is 6.14. The fourth-order valence-corrected chi connectivity index (χ4v) is 4.18. The lowest BCUT2D eigenvalue weighted by atomic mass is 9.95. The quantitative estimate of drug-likeness (QED) is 0.249. The van der Waals surface area contributed by atoms with Crippen molar-refractivity contribution in [3.05, 3.63) is 113 Å². The van der Waals surface area contributed by atoms with Crippen LogP contribution in [0, 0.1) is 4.77 Å². The van der Waals surface area contributed by atoms with Gasteiger partial charge in [0.25, 0.3) is 0 Å². The highest BCUT2D eigenvalue weighted by Crippen LogP contribution is 2.44. The molecule has 154 valence electrons. The van der Waals surface area contributed by atoms with Gasteiger partial charge in [0.05, 0.1) is 0 Å². The van der Waals surface area contributed by atoms with Crippen molar-refractivity contribution in [1.29, 1.82) is 0 Å². The average Bonchev–Trinajstić information content (AvgIpc) is 3.12. The van der Waals surface area contributed by atoms with E-state index in [2.05, 4.69) is 18.7 Å². The number of rotatable bonds is 6. The number of benzene rings is 3. The molecule has 1 aliphatic heterocycles. The summed E-state index contributed by atoms with van der Waals surface area (Å²) in [5.41, 5.74) is 2.05. The normalized spacial score (nSPS) is 12.5. The maximum atomic E-state index is 6.14. The molecular formula is C25H21N3O2S. The summed E-state index contributed by atoms with van der Waals surface area (Å²) < 4.78 is 16.6. The summed E-state index contributed by atoms with van der Waals surface area (Å²) in [5, 5.41) is 4.91. The van der Waals surface area contributed by atoms with Crippen LogP contribution in [0.4, 0.5) is 0 Å². The number of ether oxygens (including phenoxy) is 2. The first-order valence-corrected chi connectivity index (χ1v) is 10.5. The van der Waals surface area contributed by atoms with Crippen LogP contribution in [0.15, 0.2) is 91.5 Å². The van der Waals surface area contributed by atoms with Crippen LogP contribution in [0.1, 0.15) is 23.0 Å². The van der Waals surface area contributed by atoms with Crippen molar-refractivity contribution in [2.45, 2.75) is 19.2 Å². The lowest BCUT2D eigenvalue weighted by Crippen LogP contribution is -2.19. The van der Waals surface area contributed by atoms with Crippen LogP contribution in [-0.4, -0.2) is 14.3 Å². The highest BCUT2D eigenvalue weighted by molar-refractivity contribution is 7.71. The van der Waals surface area contributed by atoms with E-state index < -0.39 is 0 Å². The standard InChI is InChI=1S/C25H21N3O2S/c1-2-16-27-23(17-29-18-10-4-3-5-11-18)26-28(25(27)31)24-19-12-6-8-14-21(19)30-22-15-9-7-13-20(22)24/h2-15,24H,1,16-17H2. The molecule has 0 atom stereocenters. The minimum absolute atomic E-state index is 0.185. The summed E-state index contributed by atoms with van der Waals surface area (Å²) in [4.78, 5) is 0. The van der Waals surface area contributed by atoms with E-state index >= 15 is 0 Å².